The van der Waals surface area contributed by atoms with Gasteiger partial charge in [-0.15, -0.1) is 0 Å². The largest absolute Gasteiger partial charge is 0.444 e. The zero-order chi connectivity index (χ0) is 12.1. The molecule has 0 radical (unpaired) electrons. The molecule has 0 aromatic heterocycles. The first-order chi connectivity index (χ1) is 6.74. The summed E-state index contributed by atoms with van der Waals surface area (Å²) < 4.78 is 5.78. The Balaban J connectivity index is 4.07. The molecule has 4 nitrogen and oxygen atoms in total. The van der Waals surface area contributed by atoms with Crippen LogP contribution in [0.2, 0.25) is 0 Å². The normalized spacial score (nSPS) is 13.1. The smallest absolute Gasteiger partial charge is 0.407 e. The molecule has 0 aromatic rings. The highest BCUT2D eigenvalue weighted by Crippen LogP contribution is 2.07. The molecule has 0 saturated carbocycles. The monoisotopic (exact) mass is 327 g/mol. The Morgan fingerprint density at radius 3 is 2.27 bits per heavy atom. The number of hydrogen-bond donors (Lipinski definition) is 1. The molecule has 1 N–H and O–H groups in total. The number of nitrogens with one attached hydrogen (secondary N) is 1. The number of carbonyl (C=O) groups is 2. The Labute approximate surface area is 104 Å². The van der Waals surface area contributed by atoms with Crippen LogP contribution >= 0.6 is 22.6 Å². The van der Waals surface area contributed by atoms with Gasteiger partial charge in [-0.05, 0) is 27.7 Å². The van der Waals surface area contributed by atoms with Gasteiger partial charge in [-0.2, -0.15) is 0 Å². The summed E-state index contributed by atoms with van der Waals surface area (Å²) >= 11 is 2.13. The third kappa shape index (κ3) is 8.65. The number of hydrogen-bond acceptors (Lipinski definition) is 3. The maximum Gasteiger partial charge on any atom is 0.407 e. The number of Topliss-reactive ketones (excluding diaryl/α,β-unsaturated/α-hetero) is 1. The fraction of sp³-hybridized carbons (Fsp3) is 0.800. The summed E-state index contributed by atoms with van der Waals surface area (Å²) in [5.41, 5.74) is -0.504. The predicted octanol–water partition coefficient (Wildman–Crippen LogP) is 2.29. The van der Waals surface area contributed by atoms with Crippen LogP contribution in [0.15, 0.2) is 0 Å². The van der Waals surface area contributed by atoms with Gasteiger partial charge < -0.3 is 10.1 Å². The average Bonchev–Trinajstić information content (AvgIpc) is 1.98. The second-order valence-electron chi connectivity index (χ2n) is 4.40. The van der Waals surface area contributed by atoms with Gasteiger partial charge in [0.2, 0.25) is 0 Å². The minimum absolute atomic E-state index is 0.0627. The van der Waals surface area contributed by atoms with E-state index in [-0.39, 0.29) is 11.8 Å². The molecule has 15 heavy (non-hydrogen) atoms. The quantitative estimate of drug-likeness (QED) is 0.637. The van der Waals surface area contributed by atoms with E-state index in [0.29, 0.717) is 10.8 Å². The Hall–Kier alpha value is -0.330. The van der Waals surface area contributed by atoms with Crippen molar-refractivity contribution in [3.63, 3.8) is 0 Å². The van der Waals surface area contributed by atoms with Gasteiger partial charge in [0.25, 0.3) is 0 Å². The molecular formula is C10H18INO3. The van der Waals surface area contributed by atoms with Crippen molar-refractivity contribution in [1.82, 2.24) is 5.32 Å². The summed E-state index contributed by atoms with van der Waals surface area (Å²) in [6.45, 7) is 6.92. The number of carbonyl (C=O) groups excluding carboxylic acids is 2. The van der Waals surface area contributed by atoms with Crippen molar-refractivity contribution in [1.29, 1.82) is 0 Å². The van der Waals surface area contributed by atoms with E-state index in [9.17, 15) is 9.59 Å². The van der Waals surface area contributed by atoms with E-state index in [1.165, 1.54) is 6.92 Å². The van der Waals surface area contributed by atoms with E-state index in [0.717, 1.165) is 0 Å². The Morgan fingerprint density at radius 1 is 1.40 bits per heavy atom. The van der Waals surface area contributed by atoms with E-state index < -0.39 is 11.7 Å². The molecule has 0 heterocycles. The predicted molar refractivity (Wildman–Crippen MR) is 67.3 cm³/mol. The fourth-order valence-electron chi connectivity index (χ4n) is 0.965. The summed E-state index contributed by atoms with van der Waals surface area (Å²) in [6, 6.07) is -0.141. The standard InChI is InChI=1S/C10H18INO3/c1-7(13)5-8(6-11)12-9(14)15-10(2,3)4/h8H,5-6H2,1-4H3,(H,12,14)/t8-/m1/s1. The van der Waals surface area contributed by atoms with Crippen LogP contribution in [0.25, 0.3) is 0 Å². The second kappa shape index (κ2) is 6.30. The first-order valence-electron chi connectivity index (χ1n) is 4.79. The van der Waals surface area contributed by atoms with Crippen LogP contribution in [-0.4, -0.2) is 27.9 Å². The lowest BCUT2D eigenvalue weighted by atomic mass is 10.2. The lowest BCUT2D eigenvalue weighted by Gasteiger charge is -2.22. The number of alkyl halides is 1. The first-order valence-corrected chi connectivity index (χ1v) is 6.32. The minimum Gasteiger partial charge on any atom is -0.444 e. The van der Waals surface area contributed by atoms with Gasteiger partial charge in [0.05, 0.1) is 0 Å². The van der Waals surface area contributed by atoms with Crippen LogP contribution in [-0.2, 0) is 9.53 Å². The molecule has 0 aliphatic carbocycles. The Kier molecular flexibility index (Phi) is 6.16. The van der Waals surface area contributed by atoms with Crippen LogP contribution in [0.3, 0.4) is 0 Å². The first kappa shape index (κ1) is 14.7. The Bertz CT molecular complexity index is 235. The number of amides is 1. The van der Waals surface area contributed by atoms with E-state index in [1.54, 1.807) is 20.8 Å². The average molecular weight is 327 g/mol. The third-order valence-corrected chi connectivity index (χ3v) is 2.50. The van der Waals surface area contributed by atoms with Crippen molar-refractivity contribution in [2.75, 3.05) is 4.43 Å². The van der Waals surface area contributed by atoms with E-state index >= 15 is 0 Å². The SMILES string of the molecule is CC(=O)C[C@H](CI)NC(=O)OC(C)(C)C. The summed E-state index contributed by atoms with van der Waals surface area (Å²) in [5, 5.41) is 2.67. The molecule has 0 aromatic carbocycles. The third-order valence-electron chi connectivity index (χ3n) is 1.44. The molecule has 0 spiro atoms. The Morgan fingerprint density at radius 2 is 1.93 bits per heavy atom. The summed E-state index contributed by atoms with van der Waals surface area (Å²) in [4.78, 5) is 22.2. The highest BCUT2D eigenvalue weighted by molar-refractivity contribution is 14.1. The maximum atomic E-state index is 11.4. The molecular weight excluding hydrogens is 309 g/mol. The van der Waals surface area contributed by atoms with Gasteiger partial charge in [0.1, 0.15) is 11.4 Å². The molecule has 0 aliphatic rings. The number of ketones is 1. The molecule has 0 aliphatic heterocycles. The molecule has 5 heteroatoms. The van der Waals surface area contributed by atoms with E-state index in [4.69, 9.17) is 4.74 Å². The molecule has 0 fully saturated rings. The van der Waals surface area contributed by atoms with Gasteiger partial charge in [0.15, 0.2) is 0 Å². The molecule has 0 saturated heterocycles. The lowest BCUT2D eigenvalue weighted by molar-refractivity contribution is -0.117. The summed E-state index contributed by atoms with van der Waals surface area (Å²) in [5.74, 6) is 0.0627. The second-order valence-corrected chi connectivity index (χ2v) is 5.28. The van der Waals surface area contributed by atoms with Gasteiger partial charge >= 0.3 is 6.09 Å². The maximum absolute atomic E-state index is 11.4. The number of halogens is 1. The lowest BCUT2D eigenvalue weighted by Crippen LogP contribution is -2.40. The topological polar surface area (TPSA) is 55.4 Å². The van der Waals surface area contributed by atoms with Crippen LogP contribution in [0.4, 0.5) is 4.79 Å². The van der Waals surface area contributed by atoms with Crippen LogP contribution < -0.4 is 5.32 Å². The van der Waals surface area contributed by atoms with Gasteiger partial charge in [-0.25, -0.2) is 4.79 Å². The molecule has 0 bridgehead atoms. The molecule has 1 amide bonds. The van der Waals surface area contributed by atoms with Crippen molar-refractivity contribution < 1.29 is 14.3 Å². The van der Waals surface area contributed by atoms with Crippen molar-refractivity contribution in [2.45, 2.75) is 45.8 Å². The van der Waals surface area contributed by atoms with Crippen molar-refractivity contribution in [3.8, 4) is 0 Å². The van der Waals surface area contributed by atoms with Gasteiger partial charge in [-0.1, -0.05) is 22.6 Å². The molecule has 1 atom stereocenters. The highest BCUT2D eigenvalue weighted by Gasteiger charge is 2.19. The van der Waals surface area contributed by atoms with Crippen LogP contribution in [0, 0.1) is 0 Å². The summed E-state index contributed by atoms with van der Waals surface area (Å²) in [7, 11) is 0. The molecule has 0 rings (SSSR count). The van der Waals surface area contributed by atoms with Crippen LogP contribution in [0.5, 0.6) is 0 Å². The summed E-state index contributed by atoms with van der Waals surface area (Å²) in [6.07, 6.45) is -0.118. The molecule has 0 unspecified atom stereocenters. The zero-order valence-corrected chi connectivity index (χ0v) is 11.8. The molecule has 88 valence electrons. The number of ether oxygens (including phenoxy) is 1. The van der Waals surface area contributed by atoms with Crippen molar-refractivity contribution in [3.05, 3.63) is 0 Å². The highest BCUT2D eigenvalue weighted by atomic mass is 127. The van der Waals surface area contributed by atoms with E-state index in [1.807, 2.05) is 0 Å². The fourth-order valence-corrected chi connectivity index (χ4v) is 1.50. The van der Waals surface area contributed by atoms with Gasteiger partial charge in [-0.3, -0.25) is 4.79 Å². The minimum atomic E-state index is -0.504. The van der Waals surface area contributed by atoms with Gasteiger partial charge in [0, 0.05) is 16.9 Å². The number of alkyl carbamates (subject to hydrolysis) is 1. The van der Waals surface area contributed by atoms with Crippen molar-refractivity contribution >= 4 is 34.5 Å². The number of rotatable bonds is 4. The zero-order valence-electron chi connectivity index (χ0n) is 9.59. The van der Waals surface area contributed by atoms with Crippen LogP contribution in [0.1, 0.15) is 34.1 Å². The van der Waals surface area contributed by atoms with E-state index in [2.05, 4.69) is 27.9 Å². The van der Waals surface area contributed by atoms with Crippen molar-refractivity contribution in [2.24, 2.45) is 0 Å².